The molecule has 1 aromatic carbocycles. The molecule has 102 valence electrons. The summed E-state index contributed by atoms with van der Waals surface area (Å²) in [5.74, 6) is -0.741. The summed E-state index contributed by atoms with van der Waals surface area (Å²) in [6, 6.07) is 3.43. The third-order valence-corrected chi connectivity index (χ3v) is 3.22. The van der Waals surface area contributed by atoms with E-state index in [1.54, 1.807) is 19.9 Å². The molecule has 0 aromatic heterocycles. The molecule has 19 heavy (non-hydrogen) atoms. The van der Waals surface area contributed by atoms with Crippen molar-refractivity contribution in [2.75, 3.05) is 13.2 Å². The Kier molecular flexibility index (Phi) is 4.20. The topological polar surface area (TPSA) is 52.6 Å². The summed E-state index contributed by atoms with van der Waals surface area (Å²) in [4.78, 5) is 23.8. The molecule has 0 radical (unpaired) electrons. The van der Waals surface area contributed by atoms with Crippen molar-refractivity contribution in [3.63, 3.8) is 0 Å². The Morgan fingerprint density at radius 2 is 1.74 bits per heavy atom. The van der Waals surface area contributed by atoms with E-state index in [0.29, 0.717) is 24.3 Å². The van der Waals surface area contributed by atoms with Crippen molar-refractivity contribution >= 4 is 11.9 Å². The summed E-state index contributed by atoms with van der Waals surface area (Å²) in [6.07, 6.45) is 2.77. The van der Waals surface area contributed by atoms with Crippen LogP contribution in [0.25, 0.3) is 0 Å². The third-order valence-electron chi connectivity index (χ3n) is 3.22. The van der Waals surface area contributed by atoms with Crippen molar-refractivity contribution < 1.29 is 19.1 Å². The van der Waals surface area contributed by atoms with Gasteiger partial charge in [0.15, 0.2) is 0 Å². The van der Waals surface area contributed by atoms with Gasteiger partial charge in [0.2, 0.25) is 0 Å². The average molecular weight is 262 g/mol. The summed E-state index contributed by atoms with van der Waals surface area (Å²) in [5, 5.41) is 0. The smallest absolute Gasteiger partial charge is 0.338 e. The average Bonchev–Trinajstić information content (AvgIpc) is 2.86. The van der Waals surface area contributed by atoms with Crippen LogP contribution >= 0.6 is 0 Å². The van der Waals surface area contributed by atoms with Crippen LogP contribution in [0.3, 0.4) is 0 Å². The quantitative estimate of drug-likeness (QED) is 0.782. The van der Waals surface area contributed by atoms with E-state index in [9.17, 15) is 9.59 Å². The lowest BCUT2D eigenvalue weighted by molar-refractivity contribution is 0.0524. The number of hydrogen-bond donors (Lipinski definition) is 0. The Labute approximate surface area is 112 Å². The molecule has 0 saturated carbocycles. The zero-order chi connectivity index (χ0) is 13.8. The van der Waals surface area contributed by atoms with Gasteiger partial charge in [-0.3, -0.25) is 0 Å². The third kappa shape index (κ3) is 2.78. The van der Waals surface area contributed by atoms with Gasteiger partial charge in [0, 0.05) is 0 Å². The number of ether oxygens (including phenoxy) is 2. The normalized spacial score (nSPS) is 12.9. The highest BCUT2D eigenvalue weighted by Gasteiger charge is 2.23. The summed E-state index contributed by atoms with van der Waals surface area (Å²) in [7, 11) is 0. The fourth-order valence-electron chi connectivity index (χ4n) is 2.43. The number of benzene rings is 1. The molecule has 1 aliphatic carbocycles. The number of hydrogen-bond acceptors (Lipinski definition) is 4. The van der Waals surface area contributed by atoms with Crippen molar-refractivity contribution in [1.82, 2.24) is 0 Å². The molecule has 0 unspecified atom stereocenters. The largest absolute Gasteiger partial charge is 0.462 e. The highest BCUT2D eigenvalue weighted by atomic mass is 16.5. The molecule has 4 heteroatoms. The van der Waals surface area contributed by atoms with Crippen molar-refractivity contribution in [2.24, 2.45) is 0 Å². The Hall–Kier alpha value is -1.84. The molecule has 0 N–H and O–H groups in total. The van der Waals surface area contributed by atoms with Crippen molar-refractivity contribution in [3.8, 4) is 0 Å². The molecule has 0 saturated heterocycles. The van der Waals surface area contributed by atoms with Gasteiger partial charge in [-0.05, 0) is 56.4 Å². The van der Waals surface area contributed by atoms with Crippen LogP contribution in [0.5, 0.6) is 0 Å². The standard InChI is InChI=1S/C15H18O4/c1-3-18-14(16)11-8-10-6-5-7-12(10)13(9-11)15(17)19-4-2/h8-9H,3-7H2,1-2H3. The Bertz CT molecular complexity index is 505. The van der Waals surface area contributed by atoms with Gasteiger partial charge in [-0.15, -0.1) is 0 Å². The highest BCUT2D eigenvalue weighted by Crippen LogP contribution is 2.28. The van der Waals surface area contributed by atoms with Gasteiger partial charge < -0.3 is 9.47 Å². The van der Waals surface area contributed by atoms with Crippen LogP contribution < -0.4 is 0 Å². The number of rotatable bonds is 4. The first-order valence-electron chi connectivity index (χ1n) is 6.67. The van der Waals surface area contributed by atoms with E-state index in [2.05, 4.69) is 0 Å². The number of carbonyl (C=O) groups is 2. The lowest BCUT2D eigenvalue weighted by Gasteiger charge is -2.10. The molecule has 0 fully saturated rings. The molecule has 4 nitrogen and oxygen atoms in total. The molecule has 0 bridgehead atoms. The summed E-state index contributed by atoms with van der Waals surface area (Å²) < 4.78 is 10.0. The summed E-state index contributed by atoms with van der Waals surface area (Å²) >= 11 is 0. The molecule has 2 rings (SSSR count). The maximum atomic E-state index is 12.0. The molecule has 0 atom stereocenters. The van der Waals surface area contributed by atoms with Crippen LogP contribution in [0.1, 0.15) is 52.1 Å². The maximum absolute atomic E-state index is 12.0. The molecule has 0 heterocycles. The van der Waals surface area contributed by atoms with Crippen molar-refractivity contribution in [3.05, 3.63) is 34.4 Å². The van der Waals surface area contributed by atoms with Crippen LogP contribution in [0.15, 0.2) is 12.1 Å². The Balaban J connectivity index is 2.41. The second-order valence-corrected chi connectivity index (χ2v) is 4.46. The molecule has 1 aliphatic rings. The van der Waals surface area contributed by atoms with E-state index in [0.717, 1.165) is 30.4 Å². The number of carbonyl (C=O) groups excluding carboxylic acids is 2. The first-order chi connectivity index (χ1) is 9.17. The summed E-state index contributed by atoms with van der Waals surface area (Å²) in [6.45, 7) is 4.19. The maximum Gasteiger partial charge on any atom is 0.338 e. The number of fused-ring (bicyclic) bond motifs is 1. The van der Waals surface area contributed by atoms with E-state index in [1.807, 2.05) is 6.07 Å². The minimum Gasteiger partial charge on any atom is -0.462 e. The Morgan fingerprint density at radius 1 is 1.05 bits per heavy atom. The SMILES string of the molecule is CCOC(=O)c1cc2c(c(C(=O)OCC)c1)CCC2. The van der Waals surface area contributed by atoms with Crippen LogP contribution in [-0.4, -0.2) is 25.2 Å². The monoisotopic (exact) mass is 262 g/mol. The lowest BCUT2D eigenvalue weighted by atomic mass is 9.99. The van der Waals surface area contributed by atoms with Gasteiger partial charge in [-0.2, -0.15) is 0 Å². The van der Waals surface area contributed by atoms with E-state index < -0.39 is 0 Å². The summed E-state index contributed by atoms with van der Waals surface area (Å²) in [5.41, 5.74) is 3.03. The zero-order valence-corrected chi connectivity index (χ0v) is 11.3. The predicted octanol–water partition coefficient (Wildman–Crippen LogP) is 2.53. The molecule has 0 amide bonds. The fraction of sp³-hybridized carbons (Fsp3) is 0.467. The minimum atomic E-state index is -0.386. The van der Waals surface area contributed by atoms with Gasteiger partial charge in [-0.1, -0.05) is 0 Å². The molecule has 1 aromatic rings. The predicted molar refractivity (Wildman–Crippen MR) is 70.4 cm³/mol. The van der Waals surface area contributed by atoms with E-state index in [4.69, 9.17) is 9.47 Å². The van der Waals surface area contributed by atoms with Gasteiger partial charge in [0.1, 0.15) is 0 Å². The molecular formula is C15H18O4. The van der Waals surface area contributed by atoms with Gasteiger partial charge in [-0.25, -0.2) is 9.59 Å². The highest BCUT2D eigenvalue weighted by molar-refractivity contribution is 5.97. The van der Waals surface area contributed by atoms with Gasteiger partial charge in [0.25, 0.3) is 0 Å². The number of aryl methyl sites for hydroxylation is 1. The van der Waals surface area contributed by atoms with Crippen molar-refractivity contribution in [1.29, 1.82) is 0 Å². The first kappa shape index (κ1) is 13.6. The van der Waals surface area contributed by atoms with Gasteiger partial charge in [0.05, 0.1) is 24.3 Å². The van der Waals surface area contributed by atoms with Crippen LogP contribution in [0.2, 0.25) is 0 Å². The zero-order valence-electron chi connectivity index (χ0n) is 11.3. The van der Waals surface area contributed by atoms with Crippen LogP contribution in [-0.2, 0) is 22.3 Å². The molecular weight excluding hydrogens is 244 g/mol. The minimum absolute atomic E-state index is 0.324. The first-order valence-corrected chi connectivity index (χ1v) is 6.67. The molecule has 0 spiro atoms. The second-order valence-electron chi connectivity index (χ2n) is 4.46. The van der Waals surface area contributed by atoms with E-state index in [1.165, 1.54) is 0 Å². The van der Waals surface area contributed by atoms with Crippen LogP contribution in [0, 0.1) is 0 Å². The molecule has 0 aliphatic heterocycles. The van der Waals surface area contributed by atoms with E-state index >= 15 is 0 Å². The van der Waals surface area contributed by atoms with Gasteiger partial charge >= 0.3 is 11.9 Å². The van der Waals surface area contributed by atoms with E-state index in [-0.39, 0.29) is 11.9 Å². The second kappa shape index (κ2) is 5.87. The number of esters is 2. The lowest BCUT2D eigenvalue weighted by Crippen LogP contribution is -2.12. The Morgan fingerprint density at radius 3 is 2.42 bits per heavy atom. The van der Waals surface area contributed by atoms with Crippen LogP contribution in [0.4, 0.5) is 0 Å². The fourth-order valence-corrected chi connectivity index (χ4v) is 2.43. The van der Waals surface area contributed by atoms with Crippen molar-refractivity contribution in [2.45, 2.75) is 33.1 Å².